The largest absolute Gasteiger partial charge is 0.493 e. The lowest BCUT2D eigenvalue weighted by atomic mass is 10.2. The number of ether oxygens (including phenoxy) is 4. The van der Waals surface area contributed by atoms with E-state index in [1.165, 1.54) is 0 Å². The normalized spacial score (nSPS) is 10.6. The highest BCUT2D eigenvalue weighted by atomic mass is 16.5. The number of rotatable bonds is 10. The summed E-state index contributed by atoms with van der Waals surface area (Å²) in [4.78, 5) is 0. The Hall–Kier alpha value is -3.67. The van der Waals surface area contributed by atoms with E-state index >= 15 is 0 Å². The van der Waals surface area contributed by atoms with Crippen molar-refractivity contribution in [2.24, 2.45) is 5.10 Å². The van der Waals surface area contributed by atoms with Crippen molar-refractivity contribution in [3.8, 4) is 23.0 Å². The molecule has 156 valence electrons. The fourth-order valence-corrected chi connectivity index (χ4v) is 2.87. The van der Waals surface area contributed by atoms with Crippen LogP contribution in [0, 0.1) is 0 Å². The lowest BCUT2D eigenvalue weighted by Crippen LogP contribution is -2.06. The minimum absolute atomic E-state index is 0.484. The molecule has 0 aliphatic heterocycles. The van der Waals surface area contributed by atoms with Crippen molar-refractivity contribution in [3.63, 3.8) is 0 Å². The van der Waals surface area contributed by atoms with Gasteiger partial charge in [0.05, 0.1) is 34.1 Å². The van der Waals surface area contributed by atoms with E-state index in [0.717, 1.165) is 16.7 Å². The van der Waals surface area contributed by atoms with Gasteiger partial charge in [-0.2, -0.15) is 5.10 Å². The van der Waals surface area contributed by atoms with Gasteiger partial charge in [0, 0.05) is 0 Å². The number of nitrogens with one attached hydrogen (secondary N) is 1. The average Bonchev–Trinajstić information content (AvgIpc) is 2.81. The summed E-state index contributed by atoms with van der Waals surface area (Å²) in [7, 11) is 4.86. The van der Waals surface area contributed by atoms with Crippen LogP contribution >= 0.6 is 0 Å². The smallest absolute Gasteiger partial charge is 0.161 e. The maximum Gasteiger partial charge on any atom is 0.161 e. The van der Waals surface area contributed by atoms with Crippen molar-refractivity contribution in [2.45, 2.75) is 13.2 Å². The van der Waals surface area contributed by atoms with E-state index < -0.39 is 0 Å². The lowest BCUT2D eigenvalue weighted by Gasteiger charge is -2.11. The van der Waals surface area contributed by atoms with Crippen LogP contribution in [-0.4, -0.2) is 27.5 Å². The molecule has 0 spiro atoms. The van der Waals surface area contributed by atoms with Crippen LogP contribution in [0.1, 0.15) is 16.7 Å². The predicted octanol–water partition coefficient (Wildman–Crippen LogP) is 4.42. The van der Waals surface area contributed by atoms with Crippen LogP contribution in [0.3, 0.4) is 0 Å². The molecule has 0 saturated carbocycles. The van der Waals surface area contributed by atoms with Gasteiger partial charge in [0.25, 0.3) is 0 Å². The van der Waals surface area contributed by atoms with Crippen molar-refractivity contribution in [1.29, 1.82) is 0 Å². The number of nitrogens with zero attached hydrogens (tertiary/aromatic N) is 1. The lowest BCUT2D eigenvalue weighted by molar-refractivity contribution is 0.284. The number of hydrogen-bond acceptors (Lipinski definition) is 6. The van der Waals surface area contributed by atoms with Crippen LogP contribution in [0.2, 0.25) is 0 Å². The molecule has 30 heavy (non-hydrogen) atoms. The molecular weight excluding hydrogens is 380 g/mol. The first-order chi connectivity index (χ1) is 14.7. The van der Waals surface area contributed by atoms with Crippen LogP contribution in [0.5, 0.6) is 23.0 Å². The van der Waals surface area contributed by atoms with E-state index in [0.29, 0.717) is 36.1 Å². The molecule has 0 bridgehead atoms. The number of benzene rings is 3. The van der Waals surface area contributed by atoms with E-state index in [4.69, 9.17) is 18.9 Å². The Bertz CT molecular complexity index is 974. The first-order valence-electron chi connectivity index (χ1n) is 9.55. The molecule has 6 nitrogen and oxygen atoms in total. The summed E-state index contributed by atoms with van der Waals surface area (Å²) in [5.41, 5.74) is 6.08. The van der Waals surface area contributed by atoms with Crippen LogP contribution in [-0.2, 0) is 13.2 Å². The molecule has 0 fully saturated rings. The van der Waals surface area contributed by atoms with E-state index in [9.17, 15) is 0 Å². The molecule has 0 unspecified atom stereocenters. The highest BCUT2D eigenvalue weighted by Crippen LogP contribution is 2.29. The molecule has 0 amide bonds. The fraction of sp³-hybridized carbons (Fsp3) is 0.208. The predicted molar refractivity (Wildman–Crippen MR) is 118 cm³/mol. The maximum atomic E-state index is 5.89. The van der Waals surface area contributed by atoms with Crippen LogP contribution in [0.4, 0.5) is 0 Å². The van der Waals surface area contributed by atoms with Crippen molar-refractivity contribution < 1.29 is 18.9 Å². The third-order valence-electron chi connectivity index (χ3n) is 4.46. The molecule has 0 heterocycles. The topological polar surface area (TPSA) is 61.3 Å². The Labute approximate surface area is 177 Å². The average molecular weight is 406 g/mol. The van der Waals surface area contributed by atoms with E-state index in [1.54, 1.807) is 27.5 Å². The fourth-order valence-electron chi connectivity index (χ4n) is 2.87. The Morgan fingerprint density at radius 1 is 0.733 bits per heavy atom. The Morgan fingerprint density at radius 2 is 1.43 bits per heavy atom. The van der Waals surface area contributed by atoms with Gasteiger partial charge in [-0.15, -0.1) is 0 Å². The third-order valence-corrected chi connectivity index (χ3v) is 4.46. The molecular formula is C24H26N2O4. The van der Waals surface area contributed by atoms with Gasteiger partial charge in [0.2, 0.25) is 0 Å². The highest BCUT2D eigenvalue weighted by Gasteiger charge is 2.06. The summed E-state index contributed by atoms with van der Waals surface area (Å²) in [6.07, 6.45) is 1.74. The zero-order chi connectivity index (χ0) is 21.2. The first kappa shape index (κ1) is 21.0. The minimum Gasteiger partial charge on any atom is -0.493 e. The Morgan fingerprint density at radius 3 is 2.17 bits per heavy atom. The molecule has 3 aromatic rings. The van der Waals surface area contributed by atoms with E-state index in [1.807, 2.05) is 66.7 Å². The van der Waals surface area contributed by atoms with Gasteiger partial charge in [-0.05, 0) is 47.0 Å². The first-order valence-corrected chi connectivity index (χ1v) is 9.55. The quantitative estimate of drug-likeness (QED) is 0.399. The van der Waals surface area contributed by atoms with Gasteiger partial charge < -0.3 is 24.4 Å². The molecule has 0 aromatic heterocycles. The van der Waals surface area contributed by atoms with Crippen LogP contribution in [0.15, 0.2) is 71.8 Å². The summed E-state index contributed by atoms with van der Waals surface area (Å²) in [6, 6.07) is 21.5. The third kappa shape index (κ3) is 5.67. The summed E-state index contributed by atoms with van der Waals surface area (Å²) in [5.74, 6) is 2.74. The van der Waals surface area contributed by atoms with Gasteiger partial charge >= 0.3 is 0 Å². The van der Waals surface area contributed by atoms with E-state index in [-0.39, 0.29) is 0 Å². The molecule has 0 radical (unpaired) electrons. The second-order valence-corrected chi connectivity index (χ2v) is 6.47. The highest BCUT2D eigenvalue weighted by molar-refractivity contribution is 5.80. The molecule has 3 aromatic carbocycles. The van der Waals surface area contributed by atoms with Crippen molar-refractivity contribution in [3.05, 3.63) is 83.4 Å². The van der Waals surface area contributed by atoms with Gasteiger partial charge in [-0.3, -0.25) is 0 Å². The molecule has 6 heteroatoms. The van der Waals surface area contributed by atoms with Crippen LogP contribution < -0.4 is 24.4 Å². The maximum absolute atomic E-state index is 5.89. The summed E-state index contributed by atoms with van der Waals surface area (Å²) in [5, 5.41) is 4.29. The van der Waals surface area contributed by atoms with E-state index in [2.05, 4.69) is 10.5 Å². The monoisotopic (exact) mass is 406 g/mol. The summed E-state index contributed by atoms with van der Waals surface area (Å²) < 4.78 is 21.9. The summed E-state index contributed by atoms with van der Waals surface area (Å²) in [6.45, 7) is 1.05. The van der Waals surface area contributed by atoms with Gasteiger partial charge in [-0.25, -0.2) is 0 Å². The van der Waals surface area contributed by atoms with Crippen molar-refractivity contribution in [1.82, 2.24) is 5.43 Å². The summed E-state index contributed by atoms with van der Waals surface area (Å²) >= 11 is 0. The molecule has 3 rings (SSSR count). The number of hydrogen-bond donors (Lipinski definition) is 1. The SMILES string of the molecule is COc1ccc(CN/N=C\c2ccc(OCc3ccccc3)c(OC)c2)cc1OC. The zero-order valence-electron chi connectivity index (χ0n) is 17.4. The Kier molecular flexibility index (Phi) is 7.55. The van der Waals surface area contributed by atoms with Crippen molar-refractivity contribution >= 4 is 6.21 Å². The van der Waals surface area contributed by atoms with Gasteiger partial charge in [-0.1, -0.05) is 36.4 Å². The number of hydrazone groups is 1. The molecule has 0 atom stereocenters. The minimum atomic E-state index is 0.484. The molecule has 0 saturated heterocycles. The zero-order valence-corrected chi connectivity index (χ0v) is 17.4. The molecule has 0 aliphatic carbocycles. The molecule has 0 aliphatic rings. The molecule has 1 N–H and O–H groups in total. The second kappa shape index (κ2) is 10.8. The Balaban J connectivity index is 1.57. The van der Waals surface area contributed by atoms with Gasteiger partial charge in [0.15, 0.2) is 23.0 Å². The number of methoxy groups -OCH3 is 3. The second-order valence-electron chi connectivity index (χ2n) is 6.47. The standard InChI is InChI=1S/C24H26N2O4/c1-27-21-11-9-19(13-23(21)28-2)15-25-26-16-20-10-12-22(24(14-20)29-3)30-17-18-7-5-4-6-8-18/h4-14,16,25H,15,17H2,1-3H3/b26-16-. The van der Waals surface area contributed by atoms with Crippen molar-refractivity contribution in [2.75, 3.05) is 21.3 Å². The van der Waals surface area contributed by atoms with Gasteiger partial charge in [0.1, 0.15) is 6.61 Å². The van der Waals surface area contributed by atoms with Crippen LogP contribution in [0.25, 0.3) is 0 Å².